The fourth-order valence-electron chi connectivity index (χ4n) is 2.73. The maximum absolute atomic E-state index is 6.17. The van der Waals surface area contributed by atoms with Crippen LogP contribution in [0, 0.1) is 0 Å². The van der Waals surface area contributed by atoms with Crippen LogP contribution in [-0.2, 0) is 6.42 Å². The third-order valence-electron chi connectivity index (χ3n) is 3.71. The molecule has 17 heavy (non-hydrogen) atoms. The van der Waals surface area contributed by atoms with Crippen LogP contribution in [0.2, 0.25) is 0 Å². The molecule has 0 bridgehead atoms. The Morgan fingerprint density at radius 2 is 2.24 bits per heavy atom. The molecule has 0 aliphatic carbocycles. The molecule has 1 aromatic rings. The van der Waals surface area contributed by atoms with E-state index in [9.17, 15) is 0 Å². The van der Waals surface area contributed by atoms with Gasteiger partial charge in [0.1, 0.15) is 11.4 Å². The molecule has 2 aliphatic rings. The molecular weight excluding hydrogens is 212 g/mol. The van der Waals surface area contributed by atoms with Gasteiger partial charge in [-0.15, -0.1) is 0 Å². The largest absolute Gasteiger partial charge is 0.486 e. The minimum absolute atomic E-state index is 0.0505. The molecule has 1 unspecified atom stereocenters. The van der Waals surface area contributed by atoms with E-state index in [0.717, 1.165) is 38.2 Å². The van der Waals surface area contributed by atoms with Crippen LogP contribution < -0.4 is 15.4 Å². The first-order valence-corrected chi connectivity index (χ1v) is 6.52. The lowest BCUT2D eigenvalue weighted by molar-refractivity contribution is 0.0615. The van der Waals surface area contributed by atoms with Crippen LogP contribution in [0.25, 0.3) is 0 Å². The summed E-state index contributed by atoms with van der Waals surface area (Å²) >= 11 is 0. The van der Waals surface area contributed by atoms with Gasteiger partial charge in [0.25, 0.3) is 0 Å². The molecule has 2 heterocycles. The Bertz CT molecular complexity index is 411. The zero-order valence-electron chi connectivity index (χ0n) is 10.4. The van der Waals surface area contributed by atoms with Crippen molar-refractivity contribution >= 4 is 5.69 Å². The summed E-state index contributed by atoms with van der Waals surface area (Å²) in [5.41, 5.74) is 2.60. The van der Waals surface area contributed by atoms with E-state index in [4.69, 9.17) is 4.74 Å². The van der Waals surface area contributed by atoms with Crippen molar-refractivity contribution in [1.29, 1.82) is 0 Å². The number of rotatable bonds is 2. The standard InChI is InChI=1S/C14H20N2O/c1-14(6-2-7-15-10-14)17-12-4-3-11-5-8-16-13(11)9-12/h3-4,9,15-16H,2,5-8,10H2,1H3. The number of hydrogen-bond donors (Lipinski definition) is 2. The summed E-state index contributed by atoms with van der Waals surface area (Å²) < 4.78 is 6.17. The zero-order chi connectivity index (χ0) is 11.7. The molecule has 3 nitrogen and oxygen atoms in total. The molecule has 1 aromatic carbocycles. The summed E-state index contributed by atoms with van der Waals surface area (Å²) in [6.45, 7) is 5.31. The van der Waals surface area contributed by atoms with Crippen molar-refractivity contribution in [2.75, 3.05) is 25.0 Å². The van der Waals surface area contributed by atoms with E-state index in [1.807, 2.05) is 0 Å². The summed E-state index contributed by atoms with van der Waals surface area (Å²) in [5.74, 6) is 0.990. The highest BCUT2D eigenvalue weighted by Gasteiger charge is 2.28. The quantitative estimate of drug-likeness (QED) is 0.820. The highest BCUT2D eigenvalue weighted by atomic mass is 16.5. The van der Waals surface area contributed by atoms with Gasteiger partial charge in [-0.3, -0.25) is 0 Å². The number of hydrogen-bond acceptors (Lipinski definition) is 3. The molecule has 3 heteroatoms. The molecule has 3 rings (SSSR count). The predicted molar refractivity (Wildman–Crippen MR) is 69.8 cm³/mol. The van der Waals surface area contributed by atoms with E-state index in [0.29, 0.717) is 0 Å². The van der Waals surface area contributed by atoms with Crippen molar-refractivity contribution in [2.24, 2.45) is 0 Å². The Kier molecular flexibility index (Phi) is 2.71. The van der Waals surface area contributed by atoms with Gasteiger partial charge in [-0.25, -0.2) is 0 Å². The predicted octanol–water partition coefficient (Wildman–Crippen LogP) is 2.18. The maximum atomic E-state index is 6.17. The summed E-state index contributed by atoms with van der Waals surface area (Å²) in [7, 11) is 0. The van der Waals surface area contributed by atoms with E-state index in [-0.39, 0.29) is 5.60 Å². The van der Waals surface area contributed by atoms with E-state index in [2.05, 4.69) is 35.8 Å². The Labute approximate surface area is 103 Å². The molecule has 2 N–H and O–H groups in total. The topological polar surface area (TPSA) is 33.3 Å². The van der Waals surface area contributed by atoms with E-state index in [1.165, 1.54) is 17.7 Å². The summed E-state index contributed by atoms with van der Waals surface area (Å²) in [4.78, 5) is 0. The Morgan fingerprint density at radius 3 is 3.06 bits per heavy atom. The molecule has 1 fully saturated rings. The second-order valence-electron chi connectivity index (χ2n) is 5.33. The van der Waals surface area contributed by atoms with Crippen LogP contribution in [-0.4, -0.2) is 25.2 Å². The first kappa shape index (κ1) is 10.9. The third-order valence-corrected chi connectivity index (χ3v) is 3.71. The van der Waals surface area contributed by atoms with Crippen LogP contribution in [0.1, 0.15) is 25.3 Å². The van der Waals surface area contributed by atoms with Crippen LogP contribution in [0.5, 0.6) is 5.75 Å². The van der Waals surface area contributed by atoms with Crippen molar-refractivity contribution in [3.63, 3.8) is 0 Å². The number of piperidine rings is 1. The van der Waals surface area contributed by atoms with Crippen molar-refractivity contribution in [2.45, 2.75) is 31.8 Å². The monoisotopic (exact) mass is 232 g/mol. The lowest BCUT2D eigenvalue weighted by atomic mass is 9.96. The van der Waals surface area contributed by atoms with E-state index in [1.54, 1.807) is 0 Å². The molecule has 0 saturated carbocycles. The van der Waals surface area contributed by atoms with Gasteiger partial charge in [-0.2, -0.15) is 0 Å². The average Bonchev–Trinajstić information content (AvgIpc) is 2.76. The number of ether oxygens (including phenoxy) is 1. The number of benzene rings is 1. The fraction of sp³-hybridized carbons (Fsp3) is 0.571. The molecule has 0 spiro atoms. The molecule has 0 radical (unpaired) electrons. The van der Waals surface area contributed by atoms with Gasteiger partial charge in [0.05, 0.1) is 0 Å². The van der Waals surface area contributed by atoms with Crippen LogP contribution in [0.4, 0.5) is 5.69 Å². The number of anilines is 1. The molecule has 92 valence electrons. The summed E-state index contributed by atoms with van der Waals surface area (Å²) in [5, 5.41) is 6.80. The van der Waals surface area contributed by atoms with Gasteiger partial charge < -0.3 is 15.4 Å². The van der Waals surface area contributed by atoms with Crippen molar-refractivity contribution < 1.29 is 4.74 Å². The lowest BCUT2D eigenvalue weighted by Crippen LogP contribution is -2.47. The minimum Gasteiger partial charge on any atom is -0.486 e. The number of nitrogens with one attached hydrogen (secondary N) is 2. The molecular formula is C14H20N2O. The molecule has 1 saturated heterocycles. The van der Waals surface area contributed by atoms with Gasteiger partial charge >= 0.3 is 0 Å². The molecule has 1 atom stereocenters. The Balaban J connectivity index is 1.76. The van der Waals surface area contributed by atoms with E-state index < -0.39 is 0 Å². The third kappa shape index (κ3) is 2.25. The lowest BCUT2D eigenvalue weighted by Gasteiger charge is -2.34. The van der Waals surface area contributed by atoms with Gasteiger partial charge in [-0.05, 0) is 44.4 Å². The van der Waals surface area contributed by atoms with Crippen LogP contribution >= 0.6 is 0 Å². The molecule has 0 aromatic heterocycles. The van der Waals surface area contributed by atoms with Crippen molar-refractivity contribution in [1.82, 2.24) is 5.32 Å². The average molecular weight is 232 g/mol. The number of fused-ring (bicyclic) bond motifs is 1. The Hall–Kier alpha value is -1.22. The fourth-order valence-corrected chi connectivity index (χ4v) is 2.73. The van der Waals surface area contributed by atoms with Crippen LogP contribution in [0.15, 0.2) is 18.2 Å². The van der Waals surface area contributed by atoms with Gasteiger partial charge in [0.15, 0.2) is 0 Å². The second-order valence-corrected chi connectivity index (χ2v) is 5.33. The molecule has 2 aliphatic heterocycles. The SMILES string of the molecule is CC1(Oc2ccc3c(c2)NCC3)CCCNC1. The normalized spacial score (nSPS) is 27.4. The van der Waals surface area contributed by atoms with Crippen LogP contribution in [0.3, 0.4) is 0 Å². The zero-order valence-corrected chi connectivity index (χ0v) is 10.4. The minimum atomic E-state index is -0.0505. The summed E-state index contributed by atoms with van der Waals surface area (Å²) in [6, 6.07) is 6.43. The molecule has 0 amide bonds. The van der Waals surface area contributed by atoms with Gasteiger partial charge in [0, 0.05) is 24.8 Å². The van der Waals surface area contributed by atoms with Crippen molar-refractivity contribution in [3.8, 4) is 5.75 Å². The van der Waals surface area contributed by atoms with Crippen molar-refractivity contribution in [3.05, 3.63) is 23.8 Å². The van der Waals surface area contributed by atoms with E-state index >= 15 is 0 Å². The highest BCUT2D eigenvalue weighted by Crippen LogP contribution is 2.30. The second kappa shape index (κ2) is 4.22. The smallest absolute Gasteiger partial charge is 0.122 e. The highest BCUT2D eigenvalue weighted by molar-refractivity contribution is 5.58. The summed E-state index contributed by atoms with van der Waals surface area (Å²) in [6.07, 6.45) is 3.46. The van der Waals surface area contributed by atoms with Gasteiger partial charge in [-0.1, -0.05) is 6.07 Å². The Morgan fingerprint density at radius 1 is 1.29 bits per heavy atom. The van der Waals surface area contributed by atoms with Gasteiger partial charge in [0.2, 0.25) is 0 Å². The first-order valence-electron chi connectivity index (χ1n) is 6.52. The first-order chi connectivity index (χ1) is 8.25. The maximum Gasteiger partial charge on any atom is 0.122 e.